The van der Waals surface area contributed by atoms with Crippen LogP contribution in [0.5, 0.6) is 0 Å². The van der Waals surface area contributed by atoms with E-state index in [1.807, 2.05) is 24.3 Å². The molecule has 0 bridgehead atoms. The van der Waals surface area contributed by atoms with Crippen LogP contribution in [0.15, 0.2) is 69.2 Å². The molecule has 1 amide bonds. The molecule has 0 aliphatic carbocycles. The van der Waals surface area contributed by atoms with Crippen molar-refractivity contribution in [3.05, 3.63) is 81.0 Å². The maximum Gasteiger partial charge on any atom is 0.345 e. The number of carbonyl (C=O) groups is 1. The van der Waals surface area contributed by atoms with E-state index in [-0.39, 0.29) is 11.9 Å². The maximum atomic E-state index is 12.5. The lowest BCUT2D eigenvalue weighted by Gasteiger charge is -2.42. The van der Waals surface area contributed by atoms with Crippen LogP contribution in [-0.4, -0.2) is 16.3 Å². The molecular formula is C21H12Cl2N2O3S. The van der Waals surface area contributed by atoms with Gasteiger partial charge in [0, 0.05) is 15.8 Å². The minimum atomic E-state index is -0.672. The van der Waals surface area contributed by atoms with E-state index in [4.69, 9.17) is 27.6 Å². The number of rotatable bonds is 3. The summed E-state index contributed by atoms with van der Waals surface area (Å²) in [7, 11) is 0. The van der Waals surface area contributed by atoms with Crippen molar-refractivity contribution in [3.8, 4) is 11.3 Å². The predicted molar refractivity (Wildman–Crippen MR) is 115 cm³/mol. The number of hydrogen-bond acceptors (Lipinski definition) is 5. The molecule has 8 heteroatoms. The Hall–Kier alpha value is -2.67. The average Bonchev–Trinajstić information content (AvgIpc) is 3.20. The number of β-lactam (4-membered cyclic amide) rings is 1. The average molecular weight is 443 g/mol. The fourth-order valence-corrected chi connectivity index (χ4v) is 4.74. The van der Waals surface area contributed by atoms with E-state index in [1.165, 1.54) is 11.3 Å². The van der Waals surface area contributed by atoms with Gasteiger partial charge in [-0.3, -0.25) is 9.69 Å². The Labute approximate surface area is 179 Å². The van der Waals surface area contributed by atoms with Crippen molar-refractivity contribution in [2.45, 2.75) is 11.4 Å². The Balaban J connectivity index is 1.52. The molecule has 2 atom stereocenters. The van der Waals surface area contributed by atoms with Crippen molar-refractivity contribution in [1.82, 2.24) is 4.98 Å². The molecule has 1 aliphatic heterocycles. The zero-order valence-corrected chi connectivity index (χ0v) is 17.0. The number of alkyl halides is 1. The number of thiazole rings is 1. The predicted octanol–water partition coefficient (Wildman–Crippen LogP) is 5.27. The van der Waals surface area contributed by atoms with Gasteiger partial charge < -0.3 is 4.42 Å². The molecule has 0 N–H and O–H groups in total. The minimum Gasteiger partial charge on any atom is -0.422 e. The van der Waals surface area contributed by atoms with Crippen LogP contribution >= 0.6 is 34.5 Å². The second-order valence-electron chi connectivity index (χ2n) is 6.61. The van der Waals surface area contributed by atoms with E-state index in [2.05, 4.69) is 4.98 Å². The van der Waals surface area contributed by atoms with Gasteiger partial charge in [-0.25, -0.2) is 9.78 Å². The van der Waals surface area contributed by atoms with Gasteiger partial charge in [0.2, 0.25) is 5.91 Å². The Morgan fingerprint density at radius 1 is 1.07 bits per heavy atom. The van der Waals surface area contributed by atoms with Crippen molar-refractivity contribution in [3.63, 3.8) is 0 Å². The van der Waals surface area contributed by atoms with Gasteiger partial charge in [0.25, 0.3) is 0 Å². The smallest absolute Gasteiger partial charge is 0.345 e. The van der Waals surface area contributed by atoms with Gasteiger partial charge in [0.1, 0.15) is 11.0 Å². The number of halogens is 2. The Kier molecular flexibility index (Phi) is 4.42. The van der Waals surface area contributed by atoms with E-state index in [9.17, 15) is 9.59 Å². The zero-order valence-electron chi connectivity index (χ0n) is 14.7. The van der Waals surface area contributed by atoms with Crippen LogP contribution in [0.25, 0.3) is 22.2 Å². The fraction of sp³-hybridized carbons (Fsp3) is 0.0952. The molecule has 29 heavy (non-hydrogen) atoms. The first-order valence-corrected chi connectivity index (χ1v) is 10.4. The second-order valence-corrected chi connectivity index (χ2v) is 8.35. The molecular weight excluding hydrogens is 431 g/mol. The number of aromatic nitrogens is 1. The lowest BCUT2D eigenvalue weighted by atomic mass is 9.94. The van der Waals surface area contributed by atoms with Gasteiger partial charge >= 0.3 is 5.63 Å². The highest BCUT2D eigenvalue weighted by Gasteiger charge is 2.49. The summed E-state index contributed by atoms with van der Waals surface area (Å²) in [5, 5.41) is 2.96. The van der Waals surface area contributed by atoms with E-state index < -0.39 is 11.0 Å². The summed E-state index contributed by atoms with van der Waals surface area (Å²) in [6.07, 6.45) is 0. The molecule has 5 nitrogen and oxygen atoms in total. The third-order valence-corrected chi connectivity index (χ3v) is 6.37. The maximum absolute atomic E-state index is 12.5. The lowest BCUT2D eigenvalue weighted by Crippen LogP contribution is -2.56. The molecule has 1 saturated heterocycles. The van der Waals surface area contributed by atoms with Crippen molar-refractivity contribution in [2.24, 2.45) is 0 Å². The Morgan fingerprint density at radius 3 is 2.62 bits per heavy atom. The summed E-state index contributed by atoms with van der Waals surface area (Å²) in [5.74, 6) is -0.224. The van der Waals surface area contributed by atoms with Crippen LogP contribution in [0.3, 0.4) is 0 Å². The van der Waals surface area contributed by atoms with Crippen molar-refractivity contribution in [2.75, 3.05) is 4.90 Å². The number of amides is 1. The molecule has 0 radical (unpaired) electrons. The van der Waals surface area contributed by atoms with Gasteiger partial charge in [0.15, 0.2) is 5.13 Å². The molecule has 2 unspecified atom stereocenters. The first-order chi connectivity index (χ1) is 14.0. The quantitative estimate of drug-likeness (QED) is 0.246. The van der Waals surface area contributed by atoms with E-state index in [1.54, 1.807) is 40.6 Å². The summed E-state index contributed by atoms with van der Waals surface area (Å²) >= 11 is 13.5. The molecule has 1 fully saturated rings. The number of carbonyl (C=O) groups excluding carboxylic acids is 1. The number of para-hydroxylation sites is 1. The van der Waals surface area contributed by atoms with Crippen LogP contribution in [-0.2, 0) is 4.79 Å². The summed E-state index contributed by atoms with van der Waals surface area (Å²) in [6.45, 7) is 0. The topological polar surface area (TPSA) is 63.4 Å². The normalized spacial score (nSPS) is 18.8. The zero-order chi connectivity index (χ0) is 20.1. The standard InChI is InChI=1S/C21H12Cl2N2O3S/c22-13-7-5-11(6-8-13)18-17(23)19(26)25(18)21-24-15(10-29-21)14-9-12-3-1-2-4-16(12)28-20(14)27/h1-10,17-18H. The van der Waals surface area contributed by atoms with Gasteiger partial charge in [-0.2, -0.15) is 0 Å². The van der Waals surface area contributed by atoms with Gasteiger partial charge in [-0.1, -0.05) is 41.9 Å². The van der Waals surface area contributed by atoms with Crippen LogP contribution < -0.4 is 10.5 Å². The molecule has 5 rings (SSSR count). The molecule has 2 aromatic carbocycles. The minimum absolute atomic E-state index is 0.224. The number of nitrogens with zero attached hydrogens (tertiary/aromatic N) is 2. The molecule has 1 aliphatic rings. The number of benzene rings is 2. The molecule has 0 spiro atoms. The van der Waals surface area contributed by atoms with E-state index in [0.29, 0.717) is 27.0 Å². The molecule has 2 aromatic heterocycles. The highest BCUT2D eigenvalue weighted by atomic mass is 35.5. The summed E-state index contributed by atoms with van der Waals surface area (Å²) in [4.78, 5) is 30.9. The molecule has 4 aromatic rings. The van der Waals surface area contributed by atoms with Crippen LogP contribution in [0.2, 0.25) is 5.02 Å². The monoisotopic (exact) mass is 442 g/mol. The number of anilines is 1. The van der Waals surface area contributed by atoms with Gasteiger partial charge in [-0.05, 0) is 29.8 Å². The van der Waals surface area contributed by atoms with E-state index in [0.717, 1.165) is 10.9 Å². The van der Waals surface area contributed by atoms with Crippen molar-refractivity contribution in [1.29, 1.82) is 0 Å². The third kappa shape index (κ3) is 3.04. The first kappa shape index (κ1) is 18.4. The molecule has 0 saturated carbocycles. The highest BCUT2D eigenvalue weighted by molar-refractivity contribution is 7.14. The third-order valence-electron chi connectivity index (χ3n) is 4.86. The van der Waals surface area contributed by atoms with Crippen LogP contribution in [0, 0.1) is 0 Å². The van der Waals surface area contributed by atoms with Crippen molar-refractivity contribution < 1.29 is 9.21 Å². The number of fused-ring (bicyclic) bond motifs is 1. The lowest BCUT2D eigenvalue weighted by molar-refractivity contribution is -0.123. The molecule has 3 heterocycles. The van der Waals surface area contributed by atoms with Gasteiger partial charge in [0.05, 0.1) is 17.3 Å². The molecule has 144 valence electrons. The summed E-state index contributed by atoms with van der Waals surface area (Å²) in [6, 6.07) is 15.9. The summed E-state index contributed by atoms with van der Waals surface area (Å²) in [5.41, 5.74) is 1.73. The first-order valence-electron chi connectivity index (χ1n) is 8.74. The Bertz CT molecular complexity index is 1300. The highest BCUT2D eigenvalue weighted by Crippen LogP contribution is 2.44. The van der Waals surface area contributed by atoms with Crippen LogP contribution in [0.4, 0.5) is 5.13 Å². The number of hydrogen-bond donors (Lipinski definition) is 0. The van der Waals surface area contributed by atoms with Gasteiger partial charge in [-0.15, -0.1) is 22.9 Å². The second kappa shape index (κ2) is 6.99. The van der Waals surface area contributed by atoms with Crippen LogP contribution in [0.1, 0.15) is 11.6 Å². The fourth-order valence-electron chi connectivity index (χ4n) is 3.38. The summed E-state index contributed by atoms with van der Waals surface area (Å²) < 4.78 is 5.39. The SMILES string of the molecule is O=C1C(Cl)C(c2ccc(Cl)cc2)N1c1nc(-c2cc3ccccc3oc2=O)cs1. The van der Waals surface area contributed by atoms with Crippen molar-refractivity contribution >= 4 is 56.5 Å². The van der Waals surface area contributed by atoms with E-state index >= 15 is 0 Å². The largest absolute Gasteiger partial charge is 0.422 e. The Morgan fingerprint density at radius 2 is 1.83 bits per heavy atom.